The molecular weight excluding hydrogens is 311 g/mol. The predicted octanol–water partition coefficient (Wildman–Crippen LogP) is 1.83. The van der Waals surface area contributed by atoms with Gasteiger partial charge in [0.2, 0.25) is 5.91 Å². The summed E-state index contributed by atoms with van der Waals surface area (Å²) >= 11 is 0. The molecule has 2 aromatic rings. The van der Waals surface area contributed by atoms with E-state index in [1.807, 2.05) is 6.07 Å². The lowest BCUT2D eigenvalue weighted by Crippen LogP contribution is -2.43. The number of hydrogen-bond acceptors (Lipinski definition) is 3. The highest BCUT2D eigenvalue weighted by atomic mass is 19.1. The molecule has 2 heterocycles. The van der Waals surface area contributed by atoms with Crippen molar-refractivity contribution in [2.24, 2.45) is 0 Å². The molecule has 2 N–H and O–H groups in total. The normalized spacial score (nSPS) is 17.0. The number of anilines is 1. The van der Waals surface area contributed by atoms with Crippen molar-refractivity contribution in [3.63, 3.8) is 0 Å². The third-order valence-electron chi connectivity index (χ3n) is 3.77. The van der Waals surface area contributed by atoms with Crippen LogP contribution in [0.1, 0.15) is 12.0 Å². The summed E-state index contributed by atoms with van der Waals surface area (Å²) in [5, 5.41) is 5.52. The van der Waals surface area contributed by atoms with Crippen molar-refractivity contribution in [3.05, 3.63) is 60.2 Å². The largest absolute Gasteiger partial charge is 0.334 e. The summed E-state index contributed by atoms with van der Waals surface area (Å²) in [6, 6.07) is 8.77. The fraction of sp³-hybridized carbons (Fsp3) is 0.235. The van der Waals surface area contributed by atoms with Gasteiger partial charge in [-0.25, -0.2) is 9.18 Å². The van der Waals surface area contributed by atoms with E-state index in [0.29, 0.717) is 18.8 Å². The van der Waals surface area contributed by atoms with Crippen LogP contribution in [0.4, 0.5) is 14.9 Å². The number of pyridine rings is 1. The van der Waals surface area contributed by atoms with Gasteiger partial charge < -0.3 is 15.5 Å². The average Bonchev–Trinajstić information content (AvgIpc) is 2.95. The van der Waals surface area contributed by atoms with E-state index < -0.39 is 0 Å². The van der Waals surface area contributed by atoms with Crippen molar-refractivity contribution in [2.75, 3.05) is 11.4 Å². The Balaban J connectivity index is 1.52. The van der Waals surface area contributed by atoms with Crippen molar-refractivity contribution in [2.45, 2.75) is 19.0 Å². The SMILES string of the molecule is O=C(NCc1cccnc1)NC1CC(=O)N(c2ccc(F)cc2)C1. The summed E-state index contributed by atoms with van der Waals surface area (Å²) in [5.41, 5.74) is 1.52. The number of urea groups is 1. The van der Waals surface area contributed by atoms with Crippen molar-refractivity contribution < 1.29 is 14.0 Å². The second kappa shape index (κ2) is 7.08. The van der Waals surface area contributed by atoms with Crippen LogP contribution in [0.5, 0.6) is 0 Å². The second-order valence-corrected chi connectivity index (χ2v) is 5.57. The maximum Gasteiger partial charge on any atom is 0.315 e. The van der Waals surface area contributed by atoms with Crippen LogP contribution >= 0.6 is 0 Å². The molecule has 1 atom stereocenters. The molecule has 24 heavy (non-hydrogen) atoms. The number of nitrogens with one attached hydrogen (secondary N) is 2. The molecule has 1 aliphatic rings. The fourth-order valence-electron chi connectivity index (χ4n) is 2.60. The van der Waals surface area contributed by atoms with Gasteiger partial charge in [-0.15, -0.1) is 0 Å². The van der Waals surface area contributed by atoms with Gasteiger partial charge in [0.1, 0.15) is 5.82 Å². The molecule has 1 aromatic heterocycles. The number of hydrogen-bond donors (Lipinski definition) is 2. The summed E-state index contributed by atoms with van der Waals surface area (Å²) in [5.74, 6) is -0.450. The van der Waals surface area contributed by atoms with Crippen LogP contribution in [0, 0.1) is 5.82 Å². The van der Waals surface area contributed by atoms with Crippen LogP contribution in [0.2, 0.25) is 0 Å². The van der Waals surface area contributed by atoms with E-state index in [4.69, 9.17) is 0 Å². The third-order valence-corrected chi connectivity index (χ3v) is 3.77. The van der Waals surface area contributed by atoms with Crippen LogP contribution in [0.15, 0.2) is 48.8 Å². The molecule has 6 nitrogen and oxygen atoms in total. The molecular formula is C17H17FN4O2. The van der Waals surface area contributed by atoms with E-state index in [1.165, 1.54) is 12.1 Å². The van der Waals surface area contributed by atoms with E-state index in [9.17, 15) is 14.0 Å². The third kappa shape index (κ3) is 3.87. The quantitative estimate of drug-likeness (QED) is 0.899. The van der Waals surface area contributed by atoms with Gasteiger partial charge in [-0.1, -0.05) is 6.07 Å². The highest BCUT2D eigenvalue weighted by molar-refractivity contribution is 5.96. The lowest BCUT2D eigenvalue weighted by molar-refractivity contribution is -0.117. The standard InChI is InChI=1S/C17H17FN4O2/c18-13-3-5-15(6-4-13)22-11-14(8-16(22)23)21-17(24)20-10-12-2-1-7-19-9-12/h1-7,9,14H,8,10-11H2,(H2,20,21,24). The van der Waals surface area contributed by atoms with Gasteiger partial charge in [0.15, 0.2) is 0 Å². The van der Waals surface area contributed by atoms with Gasteiger partial charge in [-0.05, 0) is 35.9 Å². The highest BCUT2D eigenvalue weighted by Crippen LogP contribution is 2.21. The monoisotopic (exact) mass is 328 g/mol. The number of nitrogens with zero attached hydrogens (tertiary/aromatic N) is 2. The number of halogens is 1. The Hall–Kier alpha value is -2.96. The zero-order chi connectivity index (χ0) is 16.9. The van der Waals surface area contributed by atoms with Crippen LogP contribution < -0.4 is 15.5 Å². The number of benzene rings is 1. The van der Waals surface area contributed by atoms with Crippen LogP contribution in [-0.2, 0) is 11.3 Å². The molecule has 0 aliphatic carbocycles. The maximum absolute atomic E-state index is 13.0. The first-order valence-electron chi connectivity index (χ1n) is 7.61. The Kier molecular flexibility index (Phi) is 4.69. The predicted molar refractivity (Wildman–Crippen MR) is 86.8 cm³/mol. The van der Waals surface area contributed by atoms with E-state index in [1.54, 1.807) is 35.5 Å². The molecule has 1 saturated heterocycles. The first-order valence-corrected chi connectivity index (χ1v) is 7.61. The minimum atomic E-state index is -0.352. The van der Waals surface area contributed by atoms with E-state index in [2.05, 4.69) is 15.6 Å². The zero-order valence-corrected chi connectivity index (χ0v) is 12.9. The number of aromatic nitrogens is 1. The van der Waals surface area contributed by atoms with Crippen molar-refractivity contribution in [3.8, 4) is 0 Å². The van der Waals surface area contributed by atoms with E-state index >= 15 is 0 Å². The molecule has 7 heteroatoms. The topological polar surface area (TPSA) is 74.3 Å². The molecule has 0 saturated carbocycles. The first kappa shape index (κ1) is 15.9. The summed E-state index contributed by atoms with van der Waals surface area (Å²) in [4.78, 5) is 29.6. The second-order valence-electron chi connectivity index (χ2n) is 5.57. The Labute approximate surface area is 138 Å². The Morgan fingerprint density at radius 2 is 2.08 bits per heavy atom. The molecule has 3 amide bonds. The van der Waals surface area contributed by atoms with Crippen LogP contribution in [-0.4, -0.2) is 29.5 Å². The summed E-state index contributed by atoms with van der Waals surface area (Å²) < 4.78 is 13.0. The van der Waals surface area contributed by atoms with Crippen molar-refractivity contribution in [1.82, 2.24) is 15.6 Å². The first-order chi connectivity index (χ1) is 11.6. The average molecular weight is 328 g/mol. The number of carbonyl (C=O) groups excluding carboxylic acids is 2. The molecule has 3 rings (SSSR count). The Morgan fingerprint density at radius 3 is 2.79 bits per heavy atom. The Bertz CT molecular complexity index is 721. The summed E-state index contributed by atoms with van der Waals surface area (Å²) in [6.45, 7) is 0.729. The molecule has 0 spiro atoms. The fourth-order valence-corrected chi connectivity index (χ4v) is 2.60. The summed E-state index contributed by atoms with van der Waals surface area (Å²) in [7, 11) is 0. The maximum atomic E-state index is 13.0. The molecule has 1 aromatic carbocycles. The number of carbonyl (C=O) groups is 2. The molecule has 0 radical (unpaired) electrons. The lowest BCUT2D eigenvalue weighted by Gasteiger charge is -2.17. The minimum absolute atomic E-state index is 0.0980. The van der Waals surface area contributed by atoms with E-state index in [-0.39, 0.29) is 30.2 Å². The lowest BCUT2D eigenvalue weighted by atomic mass is 10.2. The van der Waals surface area contributed by atoms with Gasteiger partial charge in [-0.2, -0.15) is 0 Å². The molecule has 1 fully saturated rings. The van der Waals surface area contributed by atoms with Gasteiger partial charge in [-0.3, -0.25) is 9.78 Å². The van der Waals surface area contributed by atoms with E-state index in [0.717, 1.165) is 5.56 Å². The highest BCUT2D eigenvalue weighted by Gasteiger charge is 2.31. The zero-order valence-electron chi connectivity index (χ0n) is 12.9. The molecule has 1 unspecified atom stereocenters. The molecule has 0 bridgehead atoms. The van der Waals surface area contributed by atoms with Gasteiger partial charge >= 0.3 is 6.03 Å². The van der Waals surface area contributed by atoms with Gasteiger partial charge in [0.25, 0.3) is 0 Å². The van der Waals surface area contributed by atoms with Crippen LogP contribution in [0.25, 0.3) is 0 Å². The Morgan fingerprint density at radius 1 is 1.29 bits per heavy atom. The van der Waals surface area contributed by atoms with Gasteiger partial charge in [0.05, 0.1) is 6.04 Å². The molecule has 124 valence electrons. The van der Waals surface area contributed by atoms with Crippen molar-refractivity contribution >= 4 is 17.6 Å². The van der Waals surface area contributed by atoms with Gasteiger partial charge in [0, 0.05) is 37.6 Å². The summed E-state index contributed by atoms with van der Waals surface area (Å²) in [6.07, 6.45) is 3.56. The number of rotatable bonds is 4. The number of amides is 3. The van der Waals surface area contributed by atoms with Crippen LogP contribution in [0.3, 0.4) is 0 Å². The van der Waals surface area contributed by atoms with Crippen molar-refractivity contribution in [1.29, 1.82) is 0 Å². The molecule has 1 aliphatic heterocycles. The smallest absolute Gasteiger partial charge is 0.315 e. The minimum Gasteiger partial charge on any atom is -0.334 e.